The third-order valence-corrected chi connectivity index (χ3v) is 17.5. The Labute approximate surface area is 416 Å². The summed E-state index contributed by atoms with van der Waals surface area (Å²) in [6, 6.07) is 13.6. The van der Waals surface area contributed by atoms with Gasteiger partial charge < -0.3 is 45.5 Å². The van der Waals surface area contributed by atoms with Crippen LogP contribution in [0.2, 0.25) is 0 Å². The zero-order chi connectivity index (χ0) is 50.6. The minimum absolute atomic E-state index is 0.0159. The summed E-state index contributed by atoms with van der Waals surface area (Å²) in [6.45, 7) is 3.22. The topological polar surface area (TPSA) is 278 Å². The van der Waals surface area contributed by atoms with Gasteiger partial charge in [0, 0.05) is 40.7 Å². The predicted octanol–water partition coefficient (Wildman–Crippen LogP) is 2.99. The van der Waals surface area contributed by atoms with Crippen LogP contribution in [0.1, 0.15) is 101 Å². The number of benzene rings is 2. The number of ketones is 2. The normalized spacial score (nSPS) is 34.4. The molecule has 19 heteroatoms. The lowest BCUT2D eigenvalue weighted by Gasteiger charge is -2.59. The first-order valence-corrected chi connectivity index (χ1v) is 25.0. The Balaban J connectivity index is 0.731. The van der Waals surface area contributed by atoms with Gasteiger partial charge in [0.25, 0.3) is 0 Å². The van der Waals surface area contributed by atoms with Crippen molar-refractivity contribution < 1.29 is 58.3 Å². The van der Waals surface area contributed by atoms with Crippen LogP contribution in [0.5, 0.6) is 0 Å². The predicted molar refractivity (Wildman–Crippen MR) is 254 cm³/mol. The fraction of sp³-hybridized carbons (Fsp3) is 0.547. The van der Waals surface area contributed by atoms with E-state index in [0.29, 0.717) is 61.9 Å². The minimum Gasteiger partial charge on any atom is -0.481 e. The number of hydrogen-bond acceptors (Lipinski definition) is 15. The number of nitrogens with zero attached hydrogens (tertiary/aromatic N) is 4. The molecular formula is C53H61N7O12. The Kier molecular flexibility index (Phi) is 13.1. The van der Waals surface area contributed by atoms with Crippen molar-refractivity contribution in [2.45, 2.75) is 132 Å². The molecule has 0 spiro atoms. The van der Waals surface area contributed by atoms with Crippen LogP contribution in [0.4, 0.5) is 0 Å². The number of nitrogens with one attached hydrogen (secondary N) is 3. The van der Waals surface area contributed by atoms with Gasteiger partial charge >= 0.3 is 5.97 Å². The number of hydrogen-bond donors (Lipinski definition) is 6. The number of Topliss-reactive ketones (excluding diaryl/α,β-unsaturated/α-hetero) is 1. The van der Waals surface area contributed by atoms with E-state index in [9.17, 15) is 44.1 Å². The second-order valence-corrected chi connectivity index (χ2v) is 21.6. The van der Waals surface area contributed by atoms with Gasteiger partial charge in [-0.1, -0.05) is 74.0 Å². The smallest absolute Gasteiger partial charge is 0.303 e. The molecule has 3 aliphatic heterocycles. The highest BCUT2D eigenvalue weighted by Gasteiger charge is 2.76. The zero-order valence-corrected chi connectivity index (χ0v) is 40.4. The molecule has 10 atom stereocenters. The third kappa shape index (κ3) is 8.86. The van der Waals surface area contributed by atoms with Crippen molar-refractivity contribution in [3.63, 3.8) is 0 Å². The Hall–Kier alpha value is -6.12. The molecule has 19 nitrogen and oxygen atoms in total. The number of carboxylic acid groups (broad SMARTS) is 1. The fourth-order valence-corrected chi connectivity index (χ4v) is 13.8. The number of carbonyl (C=O) groups excluding carboxylic acids is 5. The van der Waals surface area contributed by atoms with Gasteiger partial charge in [-0.2, -0.15) is 0 Å². The zero-order valence-electron chi connectivity index (χ0n) is 40.4. The average Bonchev–Trinajstić information content (AvgIpc) is 3.88. The standard InChI is InChI=1S/C53H61N7O12/c1-49-16-15-35(62)22-34(49)11-12-36-37-23-41-53(40(64)27-61,50(37,2)25-39(63)45(36)49)72-48(71-41)33-9-5-31(6-10-33)24-52-19-17-51(18-20-52,28-70-52)58-47(69)38(13-14-44(67)68)57-43(66)26-54-42(65)21-30-3-7-32(8-4-30)46-59-55-29-56-60-46/h3-10,15-16,22,29,36-39,41,45,48,61,63H,11-14,17-21,23-28H2,1-2H3,(H,54,65)(H,57,66)(H,58,69)(H,67,68)/t36-,37-,38-,39-,41+,45+,48+,49-,50-,51?,52?,53+/m0/s1. The molecule has 7 fully saturated rings. The van der Waals surface area contributed by atoms with E-state index in [1.165, 1.54) is 6.33 Å². The lowest BCUT2D eigenvalue weighted by Crippen LogP contribution is -2.65. The van der Waals surface area contributed by atoms with Crippen molar-refractivity contribution in [2.75, 3.05) is 19.8 Å². The van der Waals surface area contributed by atoms with Gasteiger partial charge in [-0.05, 0) is 92.9 Å². The number of allylic oxidation sites excluding steroid dienone is 4. The van der Waals surface area contributed by atoms with Crippen LogP contribution in [-0.4, -0.2) is 126 Å². The summed E-state index contributed by atoms with van der Waals surface area (Å²) in [5.41, 5.74) is 0.195. The van der Waals surface area contributed by atoms with Gasteiger partial charge in [0.2, 0.25) is 23.5 Å². The molecule has 8 aliphatic rings. The van der Waals surface area contributed by atoms with E-state index < -0.39 is 94.7 Å². The van der Waals surface area contributed by atoms with Gasteiger partial charge in [-0.25, -0.2) is 0 Å². The lowest BCUT2D eigenvalue weighted by atomic mass is 9.46. The number of carbonyl (C=O) groups is 6. The van der Waals surface area contributed by atoms with Crippen molar-refractivity contribution in [1.29, 1.82) is 0 Å². The van der Waals surface area contributed by atoms with E-state index in [1.807, 2.05) is 37.3 Å². The Morgan fingerprint density at radius 1 is 0.931 bits per heavy atom. The maximum absolute atomic E-state index is 14.0. The lowest BCUT2D eigenvalue weighted by molar-refractivity contribution is -0.201. The molecule has 2 aromatic carbocycles. The fourth-order valence-electron chi connectivity index (χ4n) is 13.8. The number of rotatable bonds is 16. The van der Waals surface area contributed by atoms with Crippen LogP contribution in [-0.2, 0) is 55.8 Å². The number of aliphatic hydroxyl groups excluding tert-OH is 2. The summed E-state index contributed by atoms with van der Waals surface area (Å²) < 4.78 is 20.0. The second-order valence-electron chi connectivity index (χ2n) is 21.6. The molecule has 0 radical (unpaired) electrons. The quantitative estimate of drug-likeness (QED) is 0.120. The van der Waals surface area contributed by atoms with E-state index in [2.05, 4.69) is 43.3 Å². The van der Waals surface area contributed by atoms with Gasteiger partial charge in [-0.15, -0.1) is 20.4 Å². The molecule has 4 saturated carbocycles. The van der Waals surface area contributed by atoms with Crippen molar-refractivity contribution in [2.24, 2.45) is 28.6 Å². The highest BCUT2D eigenvalue weighted by Crippen LogP contribution is 2.70. The minimum atomic E-state index is -1.46. The summed E-state index contributed by atoms with van der Waals surface area (Å²) in [5, 5.41) is 55.4. The van der Waals surface area contributed by atoms with Gasteiger partial charge in [0.1, 0.15) is 12.6 Å². The number of aliphatic hydroxyl groups is 2. The number of carboxylic acids is 1. The number of amides is 3. The summed E-state index contributed by atoms with van der Waals surface area (Å²) in [7, 11) is 0. The van der Waals surface area contributed by atoms with E-state index in [4.69, 9.17) is 14.2 Å². The molecule has 380 valence electrons. The maximum atomic E-state index is 14.0. The van der Waals surface area contributed by atoms with Crippen LogP contribution in [0, 0.1) is 28.6 Å². The largest absolute Gasteiger partial charge is 0.481 e. The summed E-state index contributed by atoms with van der Waals surface area (Å²) in [5.74, 6) is -2.95. The van der Waals surface area contributed by atoms with Gasteiger partial charge in [-0.3, -0.25) is 28.8 Å². The first-order chi connectivity index (χ1) is 34.5. The molecule has 11 rings (SSSR count). The molecule has 6 N–H and O–H groups in total. The number of ether oxygens (including phenoxy) is 3. The van der Waals surface area contributed by atoms with E-state index in [0.717, 1.165) is 29.5 Å². The molecule has 0 unspecified atom stereocenters. The van der Waals surface area contributed by atoms with Gasteiger partial charge in [0.05, 0.1) is 42.9 Å². The summed E-state index contributed by atoms with van der Waals surface area (Å²) >= 11 is 0. The van der Waals surface area contributed by atoms with Crippen LogP contribution in [0.25, 0.3) is 11.4 Å². The van der Waals surface area contributed by atoms with Crippen LogP contribution in [0.15, 0.2) is 78.7 Å². The SMILES string of the molecule is C[C@]12C=CC(=O)C=C1CC[C@@H]1[C@@H]2[C@@H](O)C[C@@]2(C)[C@H]1C[C@H]1O[C@@H](c3ccc(CC45CCC(NC(=O)[C@H](CCC(=O)O)NC(=O)CNC(=O)Cc6ccc(-c7nncnn7)cc6)(CC4)CO5)cc3)O[C@]12C(=O)CO. The highest BCUT2D eigenvalue weighted by atomic mass is 16.7. The molecule has 3 saturated heterocycles. The molecule has 72 heavy (non-hydrogen) atoms. The number of aromatic nitrogens is 4. The number of aliphatic carboxylic acids is 1. The molecule has 2 bridgehead atoms. The second kappa shape index (κ2) is 19.1. The molecule has 4 heterocycles. The first kappa shape index (κ1) is 49.5. The summed E-state index contributed by atoms with van der Waals surface area (Å²) in [4.78, 5) is 77.4. The van der Waals surface area contributed by atoms with E-state index in [1.54, 1.807) is 36.4 Å². The van der Waals surface area contributed by atoms with Crippen molar-refractivity contribution in [3.8, 4) is 11.4 Å². The van der Waals surface area contributed by atoms with Crippen molar-refractivity contribution >= 4 is 35.3 Å². The maximum Gasteiger partial charge on any atom is 0.303 e. The Bertz CT molecular complexity index is 2680. The molecular weight excluding hydrogens is 927 g/mol. The van der Waals surface area contributed by atoms with E-state index in [-0.39, 0.29) is 49.4 Å². The third-order valence-electron chi connectivity index (χ3n) is 17.5. The van der Waals surface area contributed by atoms with E-state index >= 15 is 0 Å². The Morgan fingerprint density at radius 2 is 1.65 bits per heavy atom. The number of fused-ring (bicyclic) bond motifs is 10. The van der Waals surface area contributed by atoms with Gasteiger partial charge in [0.15, 0.2) is 29.8 Å². The Morgan fingerprint density at radius 3 is 2.33 bits per heavy atom. The van der Waals surface area contributed by atoms with Crippen LogP contribution in [0.3, 0.4) is 0 Å². The van der Waals surface area contributed by atoms with Crippen LogP contribution < -0.4 is 16.0 Å². The summed E-state index contributed by atoms with van der Waals surface area (Å²) in [6.07, 6.45) is 9.15. The molecule has 1 aromatic heterocycles. The molecule has 5 aliphatic carbocycles. The van der Waals surface area contributed by atoms with Crippen LogP contribution >= 0.6 is 0 Å². The first-order valence-electron chi connectivity index (χ1n) is 25.0. The molecule has 3 amide bonds. The highest BCUT2D eigenvalue weighted by molar-refractivity contribution is 6.01. The monoisotopic (exact) mass is 987 g/mol. The average molecular weight is 988 g/mol. The molecule has 3 aromatic rings. The van der Waals surface area contributed by atoms with Crippen molar-refractivity contribution in [3.05, 3.63) is 95.3 Å². The van der Waals surface area contributed by atoms with Crippen molar-refractivity contribution in [1.82, 2.24) is 36.3 Å².